The van der Waals surface area contributed by atoms with Gasteiger partial charge in [0.1, 0.15) is 5.37 Å². The molecule has 0 fully saturated rings. The van der Waals surface area contributed by atoms with Gasteiger partial charge in [-0.15, -0.1) is 12.4 Å². The van der Waals surface area contributed by atoms with Crippen molar-refractivity contribution in [3.63, 3.8) is 0 Å². The Labute approximate surface area is 128 Å². The van der Waals surface area contributed by atoms with Crippen LogP contribution in [0.25, 0.3) is 0 Å². The number of sulfonamides is 1. The zero-order valence-corrected chi connectivity index (χ0v) is 14.1. The third-order valence-corrected chi connectivity index (χ3v) is 4.64. The Morgan fingerprint density at radius 3 is 2.10 bits per heavy atom. The maximum absolute atomic E-state index is 12.0. The molecular formula is C14H25ClN2O2S. The molecule has 0 aliphatic heterocycles. The first-order valence-electron chi connectivity index (χ1n) is 6.62. The highest BCUT2D eigenvalue weighted by Crippen LogP contribution is 2.05. The predicted octanol–water partition coefficient (Wildman–Crippen LogP) is 2.30. The van der Waals surface area contributed by atoms with Crippen molar-refractivity contribution in [2.75, 3.05) is 0 Å². The number of benzene rings is 1. The Hall–Kier alpha value is -0.620. The van der Waals surface area contributed by atoms with Gasteiger partial charge in [0, 0.05) is 12.1 Å². The highest BCUT2D eigenvalue weighted by Gasteiger charge is 2.22. The Morgan fingerprint density at radius 1 is 1.05 bits per heavy atom. The van der Waals surface area contributed by atoms with Crippen LogP contribution in [0.2, 0.25) is 0 Å². The van der Waals surface area contributed by atoms with Crippen LogP contribution in [0.5, 0.6) is 0 Å². The van der Waals surface area contributed by atoms with Crippen molar-refractivity contribution in [2.24, 2.45) is 0 Å². The van der Waals surface area contributed by atoms with Crippen molar-refractivity contribution in [3.05, 3.63) is 35.9 Å². The summed E-state index contributed by atoms with van der Waals surface area (Å²) >= 11 is 0. The predicted molar refractivity (Wildman–Crippen MR) is 86.6 cm³/mol. The summed E-state index contributed by atoms with van der Waals surface area (Å²) in [6.07, 6.45) is 0.808. The van der Waals surface area contributed by atoms with Crippen LogP contribution in [0.1, 0.15) is 33.3 Å². The molecule has 2 N–H and O–H groups in total. The first-order chi connectivity index (χ1) is 8.81. The fourth-order valence-corrected chi connectivity index (χ4v) is 3.22. The maximum Gasteiger partial charge on any atom is 0.227 e. The molecule has 20 heavy (non-hydrogen) atoms. The SMILES string of the molecule is CC(C)NS(=O)(=O)C(C)NC(C)Cc1ccccc1.Cl. The molecule has 2 atom stereocenters. The van der Waals surface area contributed by atoms with Crippen LogP contribution < -0.4 is 10.0 Å². The molecule has 1 aromatic rings. The van der Waals surface area contributed by atoms with Gasteiger partial charge < -0.3 is 0 Å². The molecule has 0 spiro atoms. The summed E-state index contributed by atoms with van der Waals surface area (Å²) < 4.78 is 26.5. The summed E-state index contributed by atoms with van der Waals surface area (Å²) in [4.78, 5) is 0. The summed E-state index contributed by atoms with van der Waals surface area (Å²) in [5.41, 5.74) is 1.20. The minimum absolute atomic E-state index is 0. The molecule has 0 radical (unpaired) electrons. The number of nitrogens with one attached hydrogen (secondary N) is 2. The van der Waals surface area contributed by atoms with E-state index in [-0.39, 0.29) is 24.5 Å². The molecule has 0 heterocycles. The standard InChI is InChI=1S/C14H24N2O2S.ClH/c1-11(2)16-19(17,18)13(4)15-12(3)10-14-8-6-5-7-9-14;/h5-9,11-13,15-16H,10H2,1-4H3;1H. The smallest absolute Gasteiger partial charge is 0.227 e. The van der Waals surface area contributed by atoms with Gasteiger partial charge in [0.2, 0.25) is 10.0 Å². The van der Waals surface area contributed by atoms with E-state index in [4.69, 9.17) is 0 Å². The minimum Gasteiger partial charge on any atom is -0.297 e. The second kappa shape index (κ2) is 8.62. The highest BCUT2D eigenvalue weighted by atomic mass is 35.5. The monoisotopic (exact) mass is 320 g/mol. The fourth-order valence-electron chi connectivity index (χ4n) is 1.95. The molecule has 2 unspecified atom stereocenters. The van der Waals surface area contributed by atoms with Crippen molar-refractivity contribution in [1.29, 1.82) is 0 Å². The first kappa shape index (κ1) is 19.4. The first-order valence-corrected chi connectivity index (χ1v) is 8.17. The Bertz CT molecular complexity index is 477. The molecular weight excluding hydrogens is 296 g/mol. The van der Waals surface area contributed by atoms with Gasteiger partial charge in [-0.1, -0.05) is 30.3 Å². The second-order valence-corrected chi connectivity index (χ2v) is 7.25. The lowest BCUT2D eigenvalue weighted by Gasteiger charge is -2.21. The van der Waals surface area contributed by atoms with Crippen LogP contribution in [0.4, 0.5) is 0 Å². The Balaban J connectivity index is 0.00000361. The number of halogens is 1. The minimum atomic E-state index is -3.31. The Morgan fingerprint density at radius 2 is 1.60 bits per heavy atom. The fraction of sp³-hybridized carbons (Fsp3) is 0.571. The van der Waals surface area contributed by atoms with Crippen LogP contribution in [0.3, 0.4) is 0 Å². The van der Waals surface area contributed by atoms with Gasteiger partial charge in [0.25, 0.3) is 0 Å². The van der Waals surface area contributed by atoms with E-state index in [1.54, 1.807) is 6.92 Å². The molecule has 0 saturated carbocycles. The molecule has 0 aromatic heterocycles. The second-order valence-electron chi connectivity index (χ2n) is 5.22. The lowest BCUT2D eigenvalue weighted by molar-refractivity contribution is 0.495. The van der Waals surface area contributed by atoms with Gasteiger partial charge in [-0.05, 0) is 39.7 Å². The summed E-state index contributed by atoms with van der Waals surface area (Å²) in [5.74, 6) is 0. The van der Waals surface area contributed by atoms with E-state index in [1.807, 2.05) is 51.1 Å². The van der Waals surface area contributed by atoms with Gasteiger partial charge in [-0.25, -0.2) is 13.1 Å². The molecule has 116 valence electrons. The molecule has 0 aliphatic rings. The largest absolute Gasteiger partial charge is 0.297 e. The van der Waals surface area contributed by atoms with Crippen LogP contribution in [-0.4, -0.2) is 25.9 Å². The van der Waals surface area contributed by atoms with E-state index >= 15 is 0 Å². The zero-order chi connectivity index (χ0) is 14.5. The molecule has 0 amide bonds. The van der Waals surface area contributed by atoms with Crippen LogP contribution in [-0.2, 0) is 16.4 Å². The van der Waals surface area contributed by atoms with Crippen molar-refractivity contribution in [2.45, 2.75) is 51.6 Å². The van der Waals surface area contributed by atoms with Crippen LogP contribution in [0, 0.1) is 0 Å². The van der Waals surface area contributed by atoms with Gasteiger partial charge in [0.15, 0.2) is 0 Å². The topological polar surface area (TPSA) is 58.2 Å². The molecule has 0 aliphatic carbocycles. The molecule has 0 bridgehead atoms. The zero-order valence-electron chi connectivity index (χ0n) is 12.5. The van der Waals surface area contributed by atoms with E-state index < -0.39 is 15.4 Å². The van der Waals surface area contributed by atoms with Gasteiger partial charge in [0.05, 0.1) is 0 Å². The average molecular weight is 321 g/mol. The van der Waals surface area contributed by atoms with E-state index in [1.165, 1.54) is 5.56 Å². The molecule has 1 rings (SSSR count). The number of rotatable bonds is 7. The van der Waals surface area contributed by atoms with Crippen molar-refractivity contribution < 1.29 is 8.42 Å². The molecule has 1 aromatic carbocycles. The Kier molecular flexibility index (Phi) is 8.35. The average Bonchev–Trinajstić information content (AvgIpc) is 2.28. The summed E-state index contributed by atoms with van der Waals surface area (Å²) in [7, 11) is -3.31. The van der Waals surface area contributed by atoms with Crippen LogP contribution >= 0.6 is 12.4 Å². The number of hydrogen-bond acceptors (Lipinski definition) is 3. The maximum atomic E-state index is 12.0. The van der Waals surface area contributed by atoms with Gasteiger partial charge >= 0.3 is 0 Å². The van der Waals surface area contributed by atoms with Gasteiger partial charge in [-0.2, -0.15) is 0 Å². The van der Waals surface area contributed by atoms with Crippen molar-refractivity contribution in [1.82, 2.24) is 10.0 Å². The lowest BCUT2D eigenvalue weighted by Crippen LogP contribution is -2.47. The summed E-state index contributed by atoms with van der Waals surface area (Å²) in [6.45, 7) is 7.30. The molecule has 6 heteroatoms. The summed E-state index contributed by atoms with van der Waals surface area (Å²) in [6, 6.07) is 10.1. The van der Waals surface area contributed by atoms with E-state index in [0.717, 1.165) is 6.42 Å². The molecule has 0 saturated heterocycles. The number of hydrogen-bond donors (Lipinski definition) is 2. The third-order valence-electron chi connectivity index (χ3n) is 2.77. The molecule has 4 nitrogen and oxygen atoms in total. The van der Waals surface area contributed by atoms with Gasteiger partial charge in [-0.3, -0.25) is 5.32 Å². The van der Waals surface area contributed by atoms with Crippen LogP contribution in [0.15, 0.2) is 30.3 Å². The normalized spacial score (nSPS) is 14.7. The van der Waals surface area contributed by atoms with E-state index in [0.29, 0.717) is 0 Å². The third kappa shape index (κ3) is 6.70. The van der Waals surface area contributed by atoms with Crippen molar-refractivity contribution in [3.8, 4) is 0 Å². The summed E-state index contributed by atoms with van der Waals surface area (Å²) in [5, 5.41) is 2.52. The lowest BCUT2D eigenvalue weighted by atomic mass is 10.1. The van der Waals surface area contributed by atoms with Crippen molar-refractivity contribution >= 4 is 22.4 Å². The van der Waals surface area contributed by atoms with E-state index in [9.17, 15) is 8.42 Å². The van der Waals surface area contributed by atoms with E-state index in [2.05, 4.69) is 10.0 Å². The quantitative estimate of drug-likeness (QED) is 0.810. The highest BCUT2D eigenvalue weighted by molar-refractivity contribution is 7.90.